The highest BCUT2D eigenvalue weighted by Gasteiger charge is 2.35. The van der Waals surface area contributed by atoms with E-state index >= 15 is 0 Å². The van der Waals surface area contributed by atoms with Gasteiger partial charge < -0.3 is 10.2 Å². The predicted molar refractivity (Wildman–Crippen MR) is 129 cm³/mol. The summed E-state index contributed by atoms with van der Waals surface area (Å²) in [6.45, 7) is 2.25. The Kier molecular flexibility index (Phi) is 6.20. The molecule has 8 heteroatoms. The first kappa shape index (κ1) is 22.5. The number of benzene rings is 3. The van der Waals surface area contributed by atoms with Crippen LogP contribution in [0.3, 0.4) is 0 Å². The molecular weight excluding hydrogens is 438 g/mol. The minimum Gasteiger partial charge on any atom is -0.326 e. The number of anilines is 3. The maximum absolute atomic E-state index is 13.1. The summed E-state index contributed by atoms with van der Waals surface area (Å²) in [4.78, 5) is 27.0. The lowest BCUT2D eigenvalue weighted by molar-refractivity contribution is -0.122. The van der Waals surface area contributed by atoms with Crippen molar-refractivity contribution < 1.29 is 18.0 Å². The van der Waals surface area contributed by atoms with E-state index in [4.69, 9.17) is 0 Å². The number of rotatable bonds is 6. The van der Waals surface area contributed by atoms with Crippen molar-refractivity contribution in [2.75, 3.05) is 28.1 Å². The molecule has 7 nitrogen and oxygen atoms in total. The highest BCUT2D eigenvalue weighted by molar-refractivity contribution is 7.92. The van der Waals surface area contributed by atoms with Gasteiger partial charge in [-0.05, 0) is 49.4 Å². The van der Waals surface area contributed by atoms with Crippen molar-refractivity contribution in [3.63, 3.8) is 0 Å². The lowest BCUT2D eigenvalue weighted by atomic mass is 10.1. The van der Waals surface area contributed by atoms with E-state index in [1.54, 1.807) is 41.3 Å². The summed E-state index contributed by atoms with van der Waals surface area (Å²) in [6.07, 6.45) is 0.106. The second-order valence-electron chi connectivity index (χ2n) is 8.07. The van der Waals surface area contributed by atoms with Crippen molar-refractivity contribution in [2.45, 2.75) is 18.2 Å². The molecule has 0 aliphatic carbocycles. The number of carbonyl (C=O) groups excluding carboxylic acids is 2. The van der Waals surface area contributed by atoms with E-state index in [1.807, 2.05) is 37.3 Å². The first-order chi connectivity index (χ1) is 15.8. The Morgan fingerprint density at radius 2 is 1.70 bits per heavy atom. The fraction of sp³-hybridized carbons (Fsp3) is 0.200. The second kappa shape index (κ2) is 9.07. The van der Waals surface area contributed by atoms with Crippen LogP contribution in [0.15, 0.2) is 83.8 Å². The average molecular weight is 464 g/mol. The molecule has 1 saturated heterocycles. The van der Waals surface area contributed by atoms with Crippen molar-refractivity contribution in [3.8, 4) is 0 Å². The van der Waals surface area contributed by atoms with Gasteiger partial charge in [-0.2, -0.15) is 0 Å². The molecule has 1 aliphatic heterocycles. The van der Waals surface area contributed by atoms with Gasteiger partial charge in [0.25, 0.3) is 10.0 Å². The third kappa shape index (κ3) is 4.75. The van der Waals surface area contributed by atoms with Gasteiger partial charge >= 0.3 is 0 Å². The third-order valence-corrected chi connectivity index (χ3v) is 7.50. The third-order valence-electron chi connectivity index (χ3n) is 5.72. The molecule has 0 radical (unpaired) electrons. The number of nitrogens with one attached hydrogen (secondary N) is 1. The van der Waals surface area contributed by atoms with Crippen molar-refractivity contribution in [1.29, 1.82) is 0 Å². The Bertz CT molecular complexity index is 1270. The highest BCUT2D eigenvalue weighted by Crippen LogP contribution is 2.27. The van der Waals surface area contributed by atoms with E-state index in [-0.39, 0.29) is 29.7 Å². The van der Waals surface area contributed by atoms with Gasteiger partial charge in [0.2, 0.25) is 11.8 Å². The fourth-order valence-corrected chi connectivity index (χ4v) is 5.01. The first-order valence-electron chi connectivity index (χ1n) is 10.6. The number of carbonyl (C=O) groups is 2. The summed E-state index contributed by atoms with van der Waals surface area (Å²) in [5.74, 6) is -0.949. The number of hydrogen-bond acceptors (Lipinski definition) is 4. The molecule has 3 aromatic rings. The van der Waals surface area contributed by atoms with Gasteiger partial charge in [-0.1, -0.05) is 42.0 Å². The monoisotopic (exact) mass is 463 g/mol. The normalized spacial score (nSPS) is 16.0. The quantitative estimate of drug-likeness (QED) is 0.602. The maximum atomic E-state index is 13.1. The van der Waals surface area contributed by atoms with Crippen molar-refractivity contribution >= 4 is 38.9 Å². The van der Waals surface area contributed by atoms with Crippen LogP contribution in [-0.4, -0.2) is 33.8 Å². The fourth-order valence-electron chi connectivity index (χ4n) is 3.77. The number of para-hydroxylation sites is 1. The molecule has 0 saturated carbocycles. The minimum atomic E-state index is -3.81. The van der Waals surface area contributed by atoms with Crippen LogP contribution >= 0.6 is 0 Å². The number of hydrogen-bond donors (Lipinski definition) is 1. The molecule has 0 spiro atoms. The predicted octanol–water partition coefficient (Wildman–Crippen LogP) is 3.81. The van der Waals surface area contributed by atoms with Crippen LogP contribution < -0.4 is 14.5 Å². The Morgan fingerprint density at radius 1 is 1.00 bits per heavy atom. The van der Waals surface area contributed by atoms with Crippen LogP contribution in [0.2, 0.25) is 0 Å². The molecule has 0 aromatic heterocycles. The molecule has 170 valence electrons. The molecule has 0 unspecified atom stereocenters. The molecule has 33 heavy (non-hydrogen) atoms. The van der Waals surface area contributed by atoms with Crippen LogP contribution in [-0.2, 0) is 19.6 Å². The summed E-state index contributed by atoms with van der Waals surface area (Å²) in [5, 5.41) is 2.78. The molecule has 1 heterocycles. The van der Waals surface area contributed by atoms with Crippen LogP contribution in [0.1, 0.15) is 12.0 Å². The molecule has 4 rings (SSSR count). The van der Waals surface area contributed by atoms with E-state index in [9.17, 15) is 18.0 Å². The number of sulfonamides is 1. The minimum absolute atomic E-state index is 0.0652. The first-order valence-corrected chi connectivity index (χ1v) is 12.0. The Hall–Kier alpha value is -3.65. The summed E-state index contributed by atoms with van der Waals surface area (Å²) < 4.78 is 27.3. The van der Waals surface area contributed by atoms with Crippen LogP contribution in [0.25, 0.3) is 0 Å². The molecule has 2 amide bonds. The van der Waals surface area contributed by atoms with Crippen LogP contribution in [0.5, 0.6) is 0 Å². The van der Waals surface area contributed by atoms with Crippen molar-refractivity contribution in [2.24, 2.45) is 5.92 Å². The van der Waals surface area contributed by atoms with E-state index < -0.39 is 15.9 Å². The number of aryl methyl sites for hydroxylation is 1. The van der Waals surface area contributed by atoms with E-state index in [0.29, 0.717) is 11.4 Å². The smallest absolute Gasteiger partial charge is 0.264 e. The van der Waals surface area contributed by atoms with Gasteiger partial charge in [0.15, 0.2) is 0 Å². The molecule has 1 fully saturated rings. The average Bonchev–Trinajstić information content (AvgIpc) is 3.21. The van der Waals surface area contributed by atoms with Gasteiger partial charge in [-0.15, -0.1) is 0 Å². The van der Waals surface area contributed by atoms with Gasteiger partial charge in [-0.25, -0.2) is 8.42 Å². The molecular formula is C25H25N3O4S. The molecule has 0 bridgehead atoms. The Labute approximate surface area is 193 Å². The molecule has 1 N–H and O–H groups in total. The Morgan fingerprint density at radius 3 is 2.39 bits per heavy atom. The zero-order chi connectivity index (χ0) is 23.6. The second-order valence-corrected chi connectivity index (χ2v) is 10.0. The highest BCUT2D eigenvalue weighted by atomic mass is 32.2. The molecule has 3 aromatic carbocycles. The zero-order valence-electron chi connectivity index (χ0n) is 18.4. The summed E-state index contributed by atoms with van der Waals surface area (Å²) in [7, 11) is -2.32. The van der Waals surface area contributed by atoms with E-state index in [2.05, 4.69) is 5.32 Å². The van der Waals surface area contributed by atoms with Crippen molar-refractivity contribution in [1.82, 2.24) is 0 Å². The largest absolute Gasteiger partial charge is 0.326 e. The summed E-state index contributed by atoms with van der Waals surface area (Å²) >= 11 is 0. The number of amides is 2. The number of nitrogens with zero attached hydrogens (tertiary/aromatic N) is 2. The van der Waals surface area contributed by atoms with Crippen LogP contribution in [0.4, 0.5) is 17.1 Å². The topological polar surface area (TPSA) is 86.8 Å². The van der Waals surface area contributed by atoms with Gasteiger partial charge in [0.1, 0.15) is 0 Å². The van der Waals surface area contributed by atoms with Gasteiger partial charge in [0.05, 0.1) is 16.5 Å². The van der Waals surface area contributed by atoms with E-state index in [0.717, 1.165) is 11.3 Å². The molecule has 1 aliphatic rings. The standard InChI is InChI=1S/C25H25N3O4S/c1-18-11-13-22(14-12-18)28-17-19(15-24(28)29)25(30)26-20-7-6-10-23(16-20)33(31,32)27(2)21-8-4-3-5-9-21/h3-14,16,19H,15,17H2,1-2H3,(H,26,30)/t19-/m0/s1. The maximum Gasteiger partial charge on any atom is 0.264 e. The molecule has 1 atom stereocenters. The SMILES string of the molecule is Cc1ccc(N2C[C@@H](C(=O)Nc3cccc(S(=O)(=O)N(C)c4ccccc4)c3)CC2=O)cc1. The van der Waals surface area contributed by atoms with Gasteiger partial charge in [-0.3, -0.25) is 13.9 Å². The van der Waals surface area contributed by atoms with Crippen LogP contribution in [0, 0.1) is 12.8 Å². The lowest BCUT2D eigenvalue weighted by Gasteiger charge is -2.20. The van der Waals surface area contributed by atoms with Crippen molar-refractivity contribution in [3.05, 3.63) is 84.4 Å². The summed E-state index contributed by atoms with van der Waals surface area (Å²) in [6, 6.07) is 22.5. The lowest BCUT2D eigenvalue weighted by Crippen LogP contribution is -2.28. The summed E-state index contributed by atoms with van der Waals surface area (Å²) in [5.41, 5.74) is 2.75. The van der Waals surface area contributed by atoms with E-state index in [1.165, 1.54) is 23.5 Å². The Balaban J connectivity index is 1.48. The zero-order valence-corrected chi connectivity index (χ0v) is 19.2. The van der Waals surface area contributed by atoms with Gasteiger partial charge in [0, 0.05) is 31.4 Å².